The molecule has 2 rings (SSSR count). The molecular weight excluding hydrogens is 249 g/mol. The van der Waals surface area contributed by atoms with Crippen LogP contribution in [0.2, 0.25) is 0 Å². The van der Waals surface area contributed by atoms with Crippen LogP contribution in [0.1, 0.15) is 36.0 Å². The summed E-state index contributed by atoms with van der Waals surface area (Å²) in [5.74, 6) is -2.15. The number of benzene rings is 1. The second-order valence-corrected chi connectivity index (χ2v) is 4.82. The van der Waals surface area contributed by atoms with Gasteiger partial charge in [0, 0.05) is 11.6 Å². The zero-order chi connectivity index (χ0) is 13.8. The van der Waals surface area contributed by atoms with Crippen LogP contribution in [-0.2, 0) is 4.79 Å². The van der Waals surface area contributed by atoms with Crippen LogP contribution < -0.4 is 5.32 Å². The molecule has 5 heteroatoms. The van der Waals surface area contributed by atoms with Crippen LogP contribution in [0.4, 0.5) is 4.39 Å². The summed E-state index contributed by atoms with van der Waals surface area (Å²) < 4.78 is 12.8. The number of halogens is 1. The lowest BCUT2D eigenvalue weighted by molar-refractivity contribution is -0.143. The van der Waals surface area contributed by atoms with Gasteiger partial charge in [-0.15, -0.1) is 0 Å². The summed E-state index contributed by atoms with van der Waals surface area (Å²) in [4.78, 5) is 23.1. The van der Waals surface area contributed by atoms with E-state index in [4.69, 9.17) is 5.11 Å². The largest absolute Gasteiger partial charge is 0.481 e. The van der Waals surface area contributed by atoms with Crippen LogP contribution in [0.15, 0.2) is 24.3 Å². The zero-order valence-corrected chi connectivity index (χ0v) is 10.4. The predicted molar refractivity (Wildman–Crippen MR) is 67.2 cm³/mol. The molecule has 0 aliphatic heterocycles. The molecule has 0 saturated heterocycles. The lowest BCUT2D eigenvalue weighted by Gasteiger charge is -2.29. The highest BCUT2D eigenvalue weighted by atomic mass is 19.1. The number of carboxylic acids is 1. The first-order chi connectivity index (χ1) is 9.08. The van der Waals surface area contributed by atoms with E-state index in [0.717, 1.165) is 12.8 Å². The molecule has 0 aromatic heterocycles. The Hall–Kier alpha value is -1.91. The van der Waals surface area contributed by atoms with Crippen molar-refractivity contribution >= 4 is 11.9 Å². The highest BCUT2D eigenvalue weighted by Crippen LogP contribution is 2.25. The van der Waals surface area contributed by atoms with Gasteiger partial charge in [-0.1, -0.05) is 12.8 Å². The molecule has 102 valence electrons. The average molecular weight is 265 g/mol. The maximum absolute atomic E-state index is 12.8. The molecule has 1 amide bonds. The fraction of sp³-hybridized carbons (Fsp3) is 0.429. The van der Waals surface area contributed by atoms with Crippen LogP contribution >= 0.6 is 0 Å². The van der Waals surface area contributed by atoms with Gasteiger partial charge in [-0.3, -0.25) is 9.59 Å². The normalized spacial score (nSPS) is 22.8. The molecule has 0 unspecified atom stereocenters. The quantitative estimate of drug-likeness (QED) is 0.880. The van der Waals surface area contributed by atoms with Crippen molar-refractivity contribution in [1.29, 1.82) is 0 Å². The molecule has 0 spiro atoms. The second-order valence-electron chi connectivity index (χ2n) is 4.82. The van der Waals surface area contributed by atoms with Crippen LogP contribution in [0.25, 0.3) is 0 Å². The van der Waals surface area contributed by atoms with Crippen molar-refractivity contribution in [2.45, 2.75) is 31.7 Å². The molecule has 1 aromatic carbocycles. The Morgan fingerprint density at radius 3 is 2.42 bits per heavy atom. The molecule has 0 radical (unpaired) electrons. The van der Waals surface area contributed by atoms with E-state index in [1.54, 1.807) is 0 Å². The molecule has 2 atom stereocenters. The minimum atomic E-state index is -0.871. The Morgan fingerprint density at radius 2 is 1.79 bits per heavy atom. The molecule has 0 heterocycles. The van der Waals surface area contributed by atoms with Crippen molar-refractivity contribution in [2.24, 2.45) is 5.92 Å². The van der Waals surface area contributed by atoms with E-state index in [0.29, 0.717) is 18.4 Å². The lowest BCUT2D eigenvalue weighted by Crippen LogP contribution is -2.45. The standard InChI is InChI=1S/C14H16FNO3/c15-10-7-5-9(6-8-10)13(17)16-12-4-2-1-3-11(12)14(18)19/h5-8,11-12H,1-4H2,(H,16,17)(H,18,19)/t11-,12-/m1/s1. The topological polar surface area (TPSA) is 66.4 Å². The van der Waals surface area contributed by atoms with Crippen molar-refractivity contribution in [2.75, 3.05) is 0 Å². The number of carboxylic acid groups (broad SMARTS) is 1. The first-order valence-corrected chi connectivity index (χ1v) is 6.37. The van der Waals surface area contributed by atoms with Crippen LogP contribution in [0, 0.1) is 11.7 Å². The third-order valence-electron chi connectivity index (χ3n) is 3.51. The van der Waals surface area contributed by atoms with E-state index in [1.807, 2.05) is 0 Å². The minimum Gasteiger partial charge on any atom is -0.481 e. The van der Waals surface area contributed by atoms with Gasteiger partial charge in [0.15, 0.2) is 0 Å². The smallest absolute Gasteiger partial charge is 0.308 e. The van der Waals surface area contributed by atoms with Crippen molar-refractivity contribution < 1.29 is 19.1 Å². The molecule has 19 heavy (non-hydrogen) atoms. The van der Waals surface area contributed by atoms with Crippen molar-refractivity contribution in [3.8, 4) is 0 Å². The molecule has 1 aromatic rings. The SMILES string of the molecule is O=C(N[C@@H]1CCCC[C@H]1C(=O)O)c1ccc(F)cc1. The summed E-state index contributed by atoms with van der Waals surface area (Å²) in [5.41, 5.74) is 0.344. The van der Waals surface area contributed by atoms with Gasteiger partial charge >= 0.3 is 5.97 Å². The van der Waals surface area contributed by atoms with E-state index in [9.17, 15) is 14.0 Å². The van der Waals surface area contributed by atoms with Gasteiger partial charge in [-0.25, -0.2) is 4.39 Å². The number of amides is 1. The molecule has 1 fully saturated rings. The van der Waals surface area contributed by atoms with Gasteiger partial charge in [0.05, 0.1) is 5.92 Å². The first kappa shape index (κ1) is 13.5. The number of rotatable bonds is 3. The lowest BCUT2D eigenvalue weighted by atomic mass is 9.84. The van der Waals surface area contributed by atoms with Gasteiger partial charge < -0.3 is 10.4 Å². The monoisotopic (exact) mass is 265 g/mol. The number of hydrogen-bond acceptors (Lipinski definition) is 2. The van der Waals surface area contributed by atoms with Crippen LogP contribution in [0.3, 0.4) is 0 Å². The molecule has 1 aliphatic carbocycles. The summed E-state index contributed by atoms with van der Waals surface area (Å²) in [7, 11) is 0. The second kappa shape index (κ2) is 5.82. The van der Waals surface area contributed by atoms with Gasteiger partial charge in [0.2, 0.25) is 0 Å². The fourth-order valence-electron chi connectivity index (χ4n) is 2.45. The number of carbonyl (C=O) groups excluding carboxylic acids is 1. The molecular formula is C14H16FNO3. The zero-order valence-electron chi connectivity index (χ0n) is 10.4. The Balaban J connectivity index is 2.04. The summed E-state index contributed by atoms with van der Waals surface area (Å²) in [6.07, 6.45) is 3.05. The summed E-state index contributed by atoms with van der Waals surface area (Å²) >= 11 is 0. The van der Waals surface area contributed by atoms with Gasteiger partial charge in [-0.2, -0.15) is 0 Å². The van der Waals surface area contributed by atoms with Crippen molar-refractivity contribution in [3.05, 3.63) is 35.6 Å². The predicted octanol–water partition coefficient (Wildman–Crippen LogP) is 2.20. The third-order valence-corrected chi connectivity index (χ3v) is 3.51. The maximum atomic E-state index is 12.8. The van der Waals surface area contributed by atoms with E-state index in [2.05, 4.69) is 5.32 Å². The van der Waals surface area contributed by atoms with Crippen LogP contribution in [0.5, 0.6) is 0 Å². The average Bonchev–Trinajstić information content (AvgIpc) is 2.39. The fourth-order valence-corrected chi connectivity index (χ4v) is 2.45. The summed E-state index contributed by atoms with van der Waals surface area (Å²) in [6, 6.07) is 4.87. The van der Waals surface area contributed by atoms with Gasteiger partial charge in [-0.05, 0) is 37.1 Å². The van der Waals surface area contributed by atoms with E-state index < -0.39 is 17.7 Å². The number of hydrogen-bond donors (Lipinski definition) is 2. The highest BCUT2D eigenvalue weighted by Gasteiger charge is 2.31. The number of nitrogens with one attached hydrogen (secondary N) is 1. The highest BCUT2D eigenvalue weighted by molar-refractivity contribution is 5.94. The number of aliphatic carboxylic acids is 1. The van der Waals surface area contributed by atoms with Gasteiger partial charge in [0.1, 0.15) is 5.82 Å². The first-order valence-electron chi connectivity index (χ1n) is 6.37. The van der Waals surface area contributed by atoms with Crippen LogP contribution in [-0.4, -0.2) is 23.0 Å². The van der Waals surface area contributed by atoms with Gasteiger partial charge in [0.25, 0.3) is 5.91 Å². The van der Waals surface area contributed by atoms with E-state index in [-0.39, 0.29) is 11.9 Å². The number of carbonyl (C=O) groups is 2. The molecule has 4 nitrogen and oxygen atoms in total. The summed E-state index contributed by atoms with van der Waals surface area (Å²) in [5, 5.41) is 11.9. The Kier molecular flexibility index (Phi) is 4.14. The molecule has 1 saturated carbocycles. The maximum Gasteiger partial charge on any atom is 0.308 e. The third kappa shape index (κ3) is 3.30. The van der Waals surface area contributed by atoms with Crippen molar-refractivity contribution in [3.63, 3.8) is 0 Å². The molecule has 1 aliphatic rings. The van der Waals surface area contributed by atoms with E-state index in [1.165, 1.54) is 24.3 Å². The minimum absolute atomic E-state index is 0.344. The Morgan fingerprint density at radius 1 is 1.16 bits per heavy atom. The molecule has 0 bridgehead atoms. The molecule has 2 N–H and O–H groups in total. The van der Waals surface area contributed by atoms with Crippen molar-refractivity contribution in [1.82, 2.24) is 5.32 Å². The summed E-state index contributed by atoms with van der Waals surface area (Å²) in [6.45, 7) is 0. The Labute approximate surface area is 110 Å². The Bertz CT molecular complexity index is 472. The van der Waals surface area contributed by atoms with E-state index >= 15 is 0 Å².